The minimum Gasteiger partial charge on any atom is -0.353 e. The number of nitrogens with zero attached hydrogens (tertiary/aromatic N) is 1. The maximum atomic E-state index is 5.02. The molecule has 1 aromatic rings. The van der Waals surface area contributed by atoms with Gasteiger partial charge in [-0.25, -0.2) is 4.99 Å². The average Bonchev–Trinajstić information content (AvgIpc) is 2.59. The molecule has 0 unspecified atom stereocenters. The standard InChI is InChI=1S/C19H29N3S/c23-18-13-11-17(12-14-18)22-19(20-15-7-3-1-4-8-15)21-16-9-5-2-6-10-16/h11-16,23H,1-10H2,(H2,20,21,22). The SMILES string of the molecule is Sc1ccc(NC(=NC2CCCCC2)NC2CCCCC2)cc1. The molecular weight excluding hydrogens is 302 g/mol. The Morgan fingerprint density at radius 2 is 1.48 bits per heavy atom. The van der Waals surface area contributed by atoms with Gasteiger partial charge in [-0.05, 0) is 49.9 Å². The molecule has 0 bridgehead atoms. The molecule has 2 fully saturated rings. The number of hydrogen-bond donors (Lipinski definition) is 3. The summed E-state index contributed by atoms with van der Waals surface area (Å²) in [6, 6.07) is 9.23. The lowest BCUT2D eigenvalue weighted by Gasteiger charge is -2.27. The molecule has 2 N–H and O–H groups in total. The van der Waals surface area contributed by atoms with Crippen LogP contribution in [0.2, 0.25) is 0 Å². The first-order chi connectivity index (χ1) is 11.3. The molecule has 4 heteroatoms. The fraction of sp³-hybridized carbons (Fsp3) is 0.632. The van der Waals surface area contributed by atoms with E-state index in [-0.39, 0.29) is 0 Å². The molecule has 2 aliphatic rings. The molecule has 3 nitrogen and oxygen atoms in total. The van der Waals surface area contributed by atoms with Crippen LogP contribution < -0.4 is 10.6 Å². The van der Waals surface area contributed by atoms with Gasteiger partial charge < -0.3 is 10.6 Å². The molecule has 126 valence electrons. The van der Waals surface area contributed by atoms with E-state index in [1.165, 1.54) is 64.2 Å². The second kappa shape index (κ2) is 8.62. The van der Waals surface area contributed by atoms with E-state index in [2.05, 4.69) is 35.4 Å². The van der Waals surface area contributed by atoms with Crippen LogP contribution in [0.1, 0.15) is 64.2 Å². The van der Waals surface area contributed by atoms with Crippen molar-refractivity contribution in [2.24, 2.45) is 4.99 Å². The van der Waals surface area contributed by atoms with Crippen LogP contribution in [-0.2, 0) is 0 Å². The number of anilines is 1. The van der Waals surface area contributed by atoms with E-state index in [1.807, 2.05) is 12.1 Å². The fourth-order valence-electron chi connectivity index (χ4n) is 3.62. The number of guanidine groups is 1. The van der Waals surface area contributed by atoms with Crippen molar-refractivity contribution in [1.29, 1.82) is 0 Å². The van der Waals surface area contributed by atoms with Crippen LogP contribution in [0.25, 0.3) is 0 Å². The first-order valence-corrected chi connectivity index (χ1v) is 9.65. The zero-order chi connectivity index (χ0) is 15.9. The highest BCUT2D eigenvalue weighted by molar-refractivity contribution is 7.80. The van der Waals surface area contributed by atoms with Crippen LogP contribution in [0.15, 0.2) is 34.2 Å². The van der Waals surface area contributed by atoms with Crippen molar-refractivity contribution in [3.63, 3.8) is 0 Å². The number of rotatable bonds is 3. The summed E-state index contributed by atoms with van der Waals surface area (Å²) in [4.78, 5) is 6.01. The van der Waals surface area contributed by atoms with Crippen molar-refractivity contribution < 1.29 is 0 Å². The van der Waals surface area contributed by atoms with E-state index in [1.54, 1.807) is 0 Å². The highest BCUT2D eigenvalue weighted by Crippen LogP contribution is 2.22. The zero-order valence-electron chi connectivity index (χ0n) is 13.9. The predicted octanol–water partition coefficient (Wildman–Crippen LogP) is 5.00. The van der Waals surface area contributed by atoms with Gasteiger partial charge in [0.05, 0.1) is 6.04 Å². The largest absolute Gasteiger partial charge is 0.353 e. The molecule has 2 aliphatic carbocycles. The first kappa shape index (κ1) is 16.7. The van der Waals surface area contributed by atoms with E-state index in [0.717, 1.165) is 16.5 Å². The minimum absolute atomic E-state index is 0.478. The Morgan fingerprint density at radius 1 is 0.870 bits per heavy atom. The molecule has 0 amide bonds. The second-order valence-electron chi connectivity index (χ2n) is 6.92. The minimum atomic E-state index is 0.478. The van der Waals surface area contributed by atoms with Gasteiger partial charge in [0.25, 0.3) is 0 Å². The van der Waals surface area contributed by atoms with Gasteiger partial charge in [0.1, 0.15) is 0 Å². The lowest BCUT2D eigenvalue weighted by atomic mass is 9.95. The number of nitrogens with one attached hydrogen (secondary N) is 2. The van der Waals surface area contributed by atoms with Gasteiger partial charge in [0.15, 0.2) is 5.96 Å². The molecule has 0 saturated heterocycles. The van der Waals surface area contributed by atoms with E-state index >= 15 is 0 Å². The Hall–Kier alpha value is -1.16. The quantitative estimate of drug-likeness (QED) is 0.414. The number of benzene rings is 1. The summed E-state index contributed by atoms with van der Waals surface area (Å²) in [7, 11) is 0. The summed E-state index contributed by atoms with van der Waals surface area (Å²) in [5.74, 6) is 0.968. The summed E-state index contributed by atoms with van der Waals surface area (Å²) >= 11 is 4.36. The molecule has 0 aromatic heterocycles. The number of thiol groups is 1. The van der Waals surface area contributed by atoms with Crippen molar-refractivity contribution in [3.05, 3.63) is 24.3 Å². The smallest absolute Gasteiger partial charge is 0.196 e. The third-order valence-electron chi connectivity index (χ3n) is 4.96. The third-order valence-corrected chi connectivity index (χ3v) is 5.26. The third kappa shape index (κ3) is 5.45. The molecule has 0 aliphatic heterocycles. The summed E-state index contributed by atoms with van der Waals surface area (Å²) < 4.78 is 0. The Bertz CT molecular complexity index is 500. The number of hydrogen-bond acceptors (Lipinski definition) is 2. The molecule has 0 radical (unpaired) electrons. The highest BCUT2D eigenvalue weighted by atomic mass is 32.1. The average molecular weight is 332 g/mol. The summed E-state index contributed by atoms with van der Waals surface area (Å²) in [6.07, 6.45) is 13.0. The van der Waals surface area contributed by atoms with E-state index in [0.29, 0.717) is 12.1 Å². The van der Waals surface area contributed by atoms with Gasteiger partial charge in [-0.15, -0.1) is 12.6 Å². The summed E-state index contributed by atoms with van der Waals surface area (Å²) in [5.41, 5.74) is 1.08. The monoisotopic (exact) mass is 331 g/mol. The maximum Gasteiger partial charge on any atom is 0.196 e. The van der Waals surface area contributed by atoms with Crippen LogP contribution in [0.3, 0.4) is 0 Å². The highest BCUT2D eigenvalue weighted by Gasteiger charge is 2.17. The Labute approximate surface area is 145 Å². The van der Waals surface area contributed by atoms with Crippen molar-refractivity contribution in [1.82, 2.24) is 5.32 Å². The van der Waals surface area contributed by atoms with Crippen molar-refractivity contribution >= 4 is 24.3 Å². The normalized spacial score (nSPS) is 21.2. The molecule has 2 saturated carbocycles. The molecule has 0 atom stereocenters. The molecule has 0 spiro atoms. The van der Waals surface area contributed by atoms with Crippen LogP contribution in [0, 0.1) is 0 Å². The Morgan fingerprint density at radius 3 is 2.13 bits per heavy atom. The van der Waals surface area contributed by atoms with Gasteiger partial charge in [0, 0.05) is 16.6 Å². The van der Waals surface area contributed by atoms with Gasteiger partial charge in [-0.1, -0.05) is 38.5 Å². The number of aliphatic imine (C=N–C) groups is 1. The Balaban J connectivity index is 1.68. The molecular formula is C19H29N3S. The van der Waals surface area contributed by atoms with Crippen LogP contribution in [0.4, 0.5) is 5.69 Å². The van der Waals surface area contributed by atoms with Gasteiger partial charge >= 0.3 is 0 Å². The Kier molecular flexibility index (Phi) is 6.26. The van der Waals surface area contributed by atoms with Crippen LogP contribution in [0.5, 0.6) is 0 Å². The van der Waals surface area contributed by atoms with Crippen molar-refractivity contribution in [2.75, 3.05) is 5.32 Å². The van der Waals surface area contributed by atoms with Crippen LogP contribution in [-0.4, -0.2) is 18.0 Å². The maximum absolute atomic E-state index is 5.02. The topological polar surface area (TPSA) is 36.4 Å². The molecule has 3 rings (SSSR count). The summed E-state index contributed by atoms with van der Waals surface area (Å²) in [5, 5.41) is 7.19. The lowest BCUT2D eigenvalue weighted by Crippen LogP contribution is -2.41. The van der Waals surface area contributed by atoms with Crippen molar-refractivity contribution in [3.8, 4) is 0 Å². The van der Waals surface area contributed by atoms with Gasteiger partial charge in [-0.3, -0.25) is 0 Å². The first-order valence-electron chi connectivity index (χ1n) is 9.20. The van der Waals surface area contributed by atoms with E-state index < -0.39 is 0 Å². The lowest BCUT2D eigenvalue weighted by molar-refractivity contribution is 0.408. The van der Waals surface area contributed by atoms with Crippen molar-refractivity contribution in [2.45, 2.75) is 81.2 Å². The van der Waals surface area contributed by atoms with Gasteiger partial charge in [-0.2, -0.15) is 0 Å². The second-order valence-corrected chi connectivity index (χ2v) is 7.44. The summed E-state index contributed by atoms with van der Waals surface area (Å²) in [6.45, 7) is 0. The zero-order valence-corrected chi connectivity index (χ0v) is 14.8. The molecule has 1 aromatic carbocycles. The van der Waals surface area contributed by atoms with Crippen LogP contribution >= 0.6 is 12.6 Å². The fourth-order valence-corrected chi connectivity index (χ4v) is 3.77. The molecule has 0 heterocycles. The predicted molar refractivity (Wildman–Crippen MR) is 102 cm³/mol. The van der Waals surface area contributed by atoms with E-state index in [4.69, 9.17) is 4.99 Å². The van der Waals surface area contributed by atoms with E-state index in [9.17, 15) is 0 Å². The molecule has 23 heavy (non-hydrogen) atoms. The van der Waals surface area contributed by atoms with Gasteiger partial charge in [0.2, 0.25) is 0 Å².